The number of nitrogens with one attached hydrogen (secondary N) is 2. The maximum atomic E-state index is 12.8. The second kappa shape index (κ2) is 13.5. The first-order valence-corrected chi connectivity index (χ1v) is 12.9. The van der Waals surface area contributed by atoms with E-state index in [1.807, 2.05) is 48.5 Å². The third kappa shape index (κ3) is 7.47. The highest BCUT2D eigenvalue weighted by molar-refractivity contribution is 5.94. The van der Waals surface area contributed by atoms with Crippen molar-refractivity contribution in [3.8, 4) is 11.5 Å². The highest BCUT2D eigenvalue weighted by Gasteiger charge is 2.27. The van der Waals surface area contributed by atoms with Crippen LogP contribution in [0.1, 0.15) is 47.2 Å². The van der Waals surface area contributed by atoms with Crippen LogP contribution in [-0.2, 0) is 22.7 Å². The number of hydrogen-bond donors (Lipinski definition) is 2. The largest absolute Gasteiger partial charge is 0.497 e. The maximum Gasteiger partial charge on any atom is 0.309 e. The fourth-order valence-electron chi connectivity index (χ4n) is 4.64. The summed E-state index contributed by atoms with van der Waals surface area (Å²) in [5, 5.41) is 6.30. The quantitative estimate of drug-likeness (QED) is 0.346. The van der Waals surface area contributed by atoms with Gasteiger partial charge in [-0.15, -0.1) is 0 Å². The average molecular weight is 518 g/mol. The van der Waals surface area contributed by atoms with Gasteiger partial charge in [-0.2, -0.15) is 0 Å². The Hall–Kier alpha value is -4.07. The van der Waals surface area contributed by atoms with Crippen LogP contribution in [0.25, 0.3) is 0 Å². The molecule has 8 heteroatoms. The van der Waals surface area contributed by atoms with Crippen LogP contribution in [0.2, 0.25) is 0 Å². The standard InChI is InChI=1S/C30H35N3O5/c1-36-26-13-12-25(27(17-26)37-2)19-32-28-16-24(14-15-31-28)29(34)33-18-21-8-10-23(11-9-21)30(35)38-20-22-6-4-3-5-7-22/h3-7,12-17,21,23H,8-11,18-20H2,1-2H3,(H,31,32)(H,33,34). The van der Waals surface area contributed by atoms with Crippen LogP contribution in [-0.4, -0.2) is 37.6 Å². The molecule has 8 nitrogen and oxygen atoms in total. The summed E-state index contributed by atoms with van der Waals surface area (Å²) in [6, 6.07) is 18.8. The number of carbonyl (C=O) groups is 2. The van der Waals surface area contributed by atoms with Gasteiger partial charge in [-0.25, -0.2) is 4.98 Å². The summed E-state index contributed by atoms with van der Waals surface area (Å²) in [7, 11) is 3.23. The van der Waals surface area contributed by atoms with Crippen LogP contribution in [0, 0.1) is 11.8 Å². The molecule has 0 unspecified atom stereocenters. The van der Waals surface area contributed by atoms with Gasteiger partial charge in [0.05, 0.1) is 20.1 Å². The van der Waals surface area contributed by atoms with Crippen molar-refractivity contribution >= 4 is 17.7 Å². The van der Waals surface area contributed by atoms with Crippen LogP contribution in [0.4, 0.5) is 5.82 Å². The molecule has 2 aromatic carbocycles. The number of benzene rings is 2. The number of rotatable bonds is 11. The van der Waals surface area contributed by atoms with Gasteiger partial charge in [-0.05, 0) is 61.4 Å². The fraction of sp³-hybridized carbons (Fsp3) is 0.367. The van der Waals surface area contributed by atoms with Crippen LogP contribution in [0.15, 0.2) is 66.9 Å². The molecule has 200 valence electrons. The van der Waals surface area contributed by atoms with Gasteiger partial charge < -0.3 is 24.8 Å². The summed E-state index contributed by atoms with van der Waals surface area (Å²) in [4.78, 5) is 29.6. The minimum Gasteiger partial charge on any atom is -0.497 e. The Balaban J connectivity index is 1.21. The lowest BCUT2D eigenvalue weighted by Gasteiger charge is -2.27. The van der Waals surface area contributed by atoms with Crippen molar-refractivity contribution in [2.24, 2.45) is 11.8 Å². The average Bonchev–Trinajstić information content (AvgIpc) is 2.98. The molecule has 1 aliphatic carbocycles. The van der Waals surface area contributed by atoms with E-state index >= 15 is 0 Å². The van der Waals surface area contributed by atoms with Gasteiger partial charge in [0.1, 0.15) is 23.9 Å². The molecule has 0 radical (unpaired) electrons. The third-order valence-electron chi connectivity index (χ3n) is 6.93. The molecule has 3 aromatic rings. The van der Waals surface area contributed by atoms with E-state index in [-0.39, 0.29) is 17.8 Å². The molecule has 1 saturated carbocycles. The zero-order valence-electron chi connectivity index (χ0n) is 21.9. The van der Waals surface area contributed by atoms with Gasteiger partial charge in [-0.3, -0.25) is 9.59 Å². The molecular formula is C30H35N3O5. The first kappa shape index (κ1) is 27.0. The molecule has 1 aromatic heterocycles. The van der Waals surface area contributed by atoms with Crippen molar-refractivity contribution in [2.75, 3.05) is 26.1 Å². The van der Waals surface area contributed by atoms with E-state index < -0.39 is 0 Å². The minimum absolute atomic E-state index is 0.0659. The molecule has 0 saturated heterocycles. The number of anilines is 1. The number of pyridine rings is 1. The fourth-order valence-corrected chi connectivity index (χ4v) is 4.64. The number of methoxy groups -OCH3 is 2. The summed E-state index contributed by atoms with van der Waals surface area (Å²) in [5.41, 5.74) is 2.49. The van der Waals surface area contributed by atoms with Crippen LogP contribution in [0.5, 0.6) is 11.5 Å². The van der Waals surface area contributed by atoms with Gasteiger partial charge in [0.15, 0.2) is 0 Å². The normalized spacial score (nSPS) is 16.8. The van der Waals surface area contributed by atoms with Crippen molar-refractivity contribution < 1.29 is 23.8 Å². The molecule has 0 bridgehead atoms. The first-order chi connectivity index (χ1) is 18.6. The van der Waals surface area contributed by atoms with Crippen molar-refractivity contribution in [3.63, 3.8) is 0 Å². The lowest BCUT2D eigenvalue weighted by Crippen LogP contribution is -2.32. The number of esters is 1. The summed E-state index contributed by atoms with van der Waals surface area (Å²) < 4.78 is 16.2. The molecule has 1 aliphatic rings. The smallest absolute Gasteiger partial charge is 0.309 e. The number of amides is 1. The van der Waals surface area contributed by atoms with Gasteiger partial charge in [0, 0.05) is 36.5 Å². The molecule has 1 amide bonds. The topological polar surface area (TPSA) is 98.8 Å². The molecule has 1 heterocycles. The lowest BCUT2D eigenvalue weighted by molar-refractivity contribution is -0.151. The second-order valence-corrected chi connectivity index (χ2v) is 9.48. The number of ether oxygens (including phenoxy) is 3. The number of carbonyl (C=O) groups excluding carboxylic acids is 2. The Bertz CT molecular complexity index is 1210. The Morgan fingerprint density at radius 3 is 2.47 bits per heavy atom. The minimum atomic E-state index is -0.137. The van der Waals surface area contributed by atoms with E-state index in [2.05, 4.69) is 15.6 Å². The molecular weight excluding hydrogens is 482 g/mol. The lowest BCUT2D eigenvalue weighted by atomic mass is 9.82. The van der Waals surface area contributed by atoms with Crippen molar-refractivity contribution in [3.05, 3.63) is 83.6 Å². The highest BCUT2D eigenvalue weighted by Crippen LogP contribution is 2.30. The Labute approximate surface area is 223 Å². The van der Waals surface area contributed by atoms with Crippen molar-refractivity contribution in [1.82, 2.24) is 10.3 Å². The number of nitrogens with zero attached hydrogens (tertiary/aromatic N) is 1. The van der Waals surface area contributed by atoms with E-state index in [0.717, 1.165) is 42.6 Å². The Kier molecular flexibility index (Phi) is 9.56. The Morgan fingerprint density at radius 1 is 0.947 bits per heavy atom. The van der Waals surface area contributed by atoms with Crippen LogP contribution >= 0.6 is 0 Å². The SMILES string of the molecule is COc1ccc(CNc2cc(C(=O)NCC3CCC(C(=O)OCc4ccccc4)CC3)ccn2)c(OC)c1. The molecule has 38 heavy (non-hydrogen) atoms. The molecule has 0 atom stereocenters. The molecule has 0 spiro atoms. The highest BCUT2D eigenvalue weighted by atomic mass is 16.5. The molecule has 1 fully saturated rings. The van der Waals surface area contributed by atoms with Crippen molar-refractivity contribution in [2.45, 2.75) is 38.8 Å². The summed E-state index contributed by atoms with van der Waals surface area (Å²) in [6.07, 6.45) is 4.96. The van der Waals surface area contributed by atoms with Gasteiger partial charge >= 0.3 is 5.97 Å². The Morgan fingerprint density at radius 2 is 1.74 bits per heavy atom. The number of aromatic nitrogens is 1. The van der Waals surface area contributed by atoms with Gasteiger partial charge in [0.25, 0.3) is 5.91 Å². The summed E-state index contributed by atoms with van der Waals surface area (Å²) >= 11 is 0. The van der Waals surface area contributed by atoms with Gasteiger partial charge in [0.2, 0.25) is 0 Å². The monoisotopic (exact) mass is 517 g/mol. The predicted octanol–water partition coefficient (Wildman–Crippen LogP) is 4.99. The molecule has 4 rings (SSSR count). The number of hydrogen-bond acceptors (Lipinski definition) is 7. The summed E-state index contributed by atoms with van der Waals surface area (Å²) in [5.74, 6) is 2.05. The van der Waals surface area contributed by atoms with Gasteiger partial charge in [-0.1, -0.05) is 30.3 Å². The van der Waals surface area contributed by atoms with Crippen molar-refractivity contribution in [1.29, 1.82) is 0 Å². The van der Waals surface area contributed by atoms with E-state index in [4.69, 9.17) is 14.2 Å². The van der Waals surface area contributed by atoms with Crippen LogP contribution < -0.4 is 20.1 Å². The molecule has 0 aliphatic heterocycles. The zero-order chi connectivity index (χ0) is 26.7. The maximum absolute atomic E-state index is 12.8. The predicted molar refractivity (Wildman–Crippen MR) is 145 cm³/mol. The van der Waals surface area contributed by atoms with E-state index in [1.165, 1.54) is 0 Å². The van der Waals surface area contributed by atoms with E-state index in [1.54, 1.807) is 32.5 Å². The van der Waals surface area contributed by atoms with Crippen LogP contribution in [0.3, 0.4) is 0 Å². The second-order valence-electron chi connectivity index (χ2n) is 9.48. The first-order valence-electron chi connectivity index (χ1n) is 12.9. The molecule has 2 N–H and O–H groups in total. The zero-order valence-corrected chi connectivity index (χ0v) is 21.9. The summed E-state index contributed by atoms with van der Waals surface area (Å²) in [6.45, 7) is 1.38. The third-order valence-corrected chi connectivity index (χ3v) is 6.93. The van der Waals surface area contributed by atoms with E-state index in [9.17, 15) is 9.59 Å². The van der Waals surface area contributed by atoms with E-state index in [0.29, 0.717) is 42.7 Å².